The van der Waals surface area contributed by atoms with Gasteiger partial charge in [-0.2, -0.15) is 0 Å². The predicted octanol–water partition coefficient (Wildman–Crippen LogP) is 9.11. The lowest BCUT2D eigenvalue weighted by molar-refractivity contribution is 0.0933. The van der Waals surface area contributed by atoms with E-state index in [9.17, 15) is 9.59 Å². The van der Waals surface area contributed by atoms with Gasteiger partial charge in [0.25, 0.3) is 11.8 Å². The molecule has 3 heterocycles. The molecule has 2 saturated carbocycles. The molecule has 0 bridgehead atoms. The lowest BCUT2D eigenvalue weighted by Gasteiger charge is -2.22. The first-order valence-electron chi connectivity index (χ1n) is 21.0. The van der Waals surface area contributed by atoms with E-state index >= 15 is 0 Å². The highest BCUT2D eigenvalue weighted by atomic mass is 16.5. The quantitative estimate of drug-likeness (QED) is 0.110. The molecule has 2 amide bonds. The highest BCUT2D eigenvalue weighted by molar-refractivity contribution is 6.01. The number of hydrogen-bond donors (Lipinski definition) is 3. The van der Waals surface area contributed by atoms with Crippen LogP contribution in [0.3, 0.4) is 0 Å². The van der Waals surface area contributed by atoms with E-state index in [1.54, 1.807) is 39.9 Å². The average molecular weight is 818 g/mol. The van der Waals surface area contributed by atoms with Gasteiger partial charge in [0.2, 0.25) is 5.89 Å². The summed E-state index contributed by atoms with van der Waals surface area (Å²) in [4.78, 5) is 38.2. The molecule has 2 spiro atoms. The number of rotatable bonds is 11. The van der Waals surface area contributed by atoms with Crippen molar-refractivity contribution < 1.29 is 33.3 Å². The van der Waals surface area contributed by atoms with Crippen molar-refractivity contribution in [3.05, 3.63) is 102 Å². The highest BCUT2D eigenvalue weighted by Gasteiger charge is 2.43. The number of allylic oxidation sites excluding steroid dienone is 4. The van der Waals surface area contributed by atoms with E-state index in [4.69, 9.17) is 23.7 Å². The van der Waals surface area contributed by atoms with Crippen LogP contribution in [0, 0.1) is 10.8 Å². The number of amides is 2. The lowest BCUT2D eigenvalue weighted by Crippen LogP contribution is -2.27. The Hall–Kier alpha value is -5.59. The Labute approximate surface area is 352 Å². The van der Waals surface area contributed by atoms with Crippen LogP contribution < -0.4 is 20.1 Å². The number of ether oxygens (including phenoxy) is 3. The van der Waals surface area contributed by atoms with Crippen LogP contribution in [0.2, 0.25) is 0 Å². The molecule has 5 aromatic rings. The number of aliphatic hydroxyl groups is 1. The maximum atomic E-state index is 12.5. The average Bonchev–Trinajstić information content (AvgIpc) is 4.19. The SMILES string of the molecule is CC.CO.COCCNC(=O)c1cnc2c(C3=CCC4(CC3)CC4)cc(OC)cc2c1.COc1cc(C2=CCC3(CC2)CC3)c2ncc(C(=O)NCc3ncco3)cc2c1. The van der Waals surface area contributed by atoms with Gasteiger partial charge in [-0.15, -0.1) is 0 Å². The smallest absolute Gasteiger partial charge is 0.253 e. The van der Waals surface area contributed by atoms with Crippen LogP contribution in [0.25, 0.3) is 33.0 Å². The fourth-order valence-corrected chi connectivity index (χ4v) is 8.02. The largest absolute Gasteiger partial charge is 0.497 e. The first-order chi connectivity index (χ1) is 29.3. The number of aliphatic hydroxyl groups excluding tert-OH is 1. The van der Waals surface area contributed by atoms with Crippen LogP contribution in [0.1, 0.15) is 116 Å². The van der Waals surface area contributed by atoms with E-state index in [0.29, 0.717) is 41.0 Å². The number of nitrogens with one attached hydrogen (secondary N) is 2. The number of pyridine rings is 2. The Morgan fingerprint density at radius 3 is 1.60 bits per heavy atom. The molecule has 2 aromatic carbocycles. The molecule has 3 N–H and O–H groups in total. The second kappa shape index (κ2) is 20.1. The first-order valence-corrected chi connectivity index (χ1v) is 21.0. The first kappa shape index (κ1) is 44.0. The predicted molar refractivity (Wildman–Crippen MR) is 235 cm³/mol. The Bertz CT molecular complexity index is 2330. The number of methoxy groups -OCH3 is 3. The van der Waals surface area contributed by atoms with E-state index in [0.717, 1.165) is 70.8 Å². The van der Waals surface area contributed by atoms with Gasteiger partial charge in [0.05, 0.1) is 55.7 Å². The summed E-state index contributed by atoms with van der Waals surface area (Å²) < 4.78 is 21.2. The normalized spacial score (nSPS) is 16.4. The van der Waals surface area contributed by atoms with E-state index in [1.165, 1.54) is 62.4 Å². The van der Waals surface area contributed by atoms with Crippen molar-refractivity contribution in [3.63, 3.8) is 0 Å². The summed E-state index contributed by atoms with van der Waals surface area (Å²) in [5.41, 5.74) is 8.99. The molecule has 0 aliphatic heterocycles. The van der Waals surface area contributed by atoms with Gasteiger partial charge < -0.3 is 34.4 Å². The molecule has 12 heteroatoms. The number of hydrogen-bond acceptors (Lipinski definition) is 10. The summed E-state index contributed by atoms with van der Waals surface area (Å²) >= 11 is 0. The summed E-state index contributed by atoms with van der Waals surface area (Å²) in [5.74, 6) is 1.68. The minimum atomic E-state index is -0.213. The Morgan fingerprint density at radius 2 is 1.20 bits per heavy atom. The molecule has 4 aliphatic carbocycles. The standard InChI is InChI=1S/C23H23N3O3.C22H26N2O3.C2H6.CH4O/c1-28-18-11-16-10-17(22(27)26-14-20-24-8-9-29-20)13-25-21(16)19(12-18)15-2-4-23(5-3-15)6-7-23;1-26-10-9-23-21(25)17-11-16-12-18(27-2)13-19(20(16)24-14-17)15-3-5-22(6-4-15)7-8-22;2*1-2/h2,8-13H,3-7,14H2,1H3,(H,26,27);3,11-14H,4-10H2,1-2H3,(H,23,25);1-2H3;2H,1H3. The van der Waals surface area contributed by atoms with Crippen LogP contribution in [-0.2, 0) is 11.3 Å². The Morgan fingerprint density at radius 1 is 0.700 bits per heavy atom. The van der Waals surface area contributed by atoms with Crippen molar-refractivity contribution in [2.45, 2.75) is 84.6 Å². The van der Waals surface area contributed by atoms with Gasteiger partial charge in [0.15, 0.2) is 0 Å². The van der Waals surface area contributed by atoms with E-state index in [1.807, 2.05) is 38.1 Å². The van der Waals surface area contributed by atoms with Gasteiger partial charge in [-0.1, -0.05) is 26.0 Å². The zero-order chi connectivity index (χ0) is 42.7. The Balaban J connectivity index is 0.000000186. The van der Waals surface area contributed by atoms with Crippen LogP contribution in [0.4, 0.5) is 0 Å². The molecule has 0 atom stereocenters. The zero-order valence-corrected chi connectivity index (χ0v) is 35.9. The van der Waals surface area contributed by atoms with Gasteiger partial charge in [-0.05, 0) is 123 Å². The van der Waals surface area contributed by atoms with Crippen molar-refractivity contribution in [3.8, 4) is 11.5 Å². The number of benzene rings is 2. The molecule has 12 nitrogen and oxygen atoms in total. The fraction of sp³-hybridized carbons (Fsp3) is 0.438. The molecule has 0 saturated heterocycles. The molecule has 9 rings (SSSR count). The molecule has 4 aliphatic rings. The molecule has 0 radical (unpaired) electrons. The zero-order valence-electron chi connectivity index (χ0n) is 35.9. The van der Waals surface area contributed by atoms with Gasteiger partial charge in [0.1, 0.15) is 17.8 Å². The third kappa shape index (κ3) is 10.4. The minimum absolute atomic E-state index is 0.140. The number of oxazole rings is 1. The summed E-state index contributed by atoms with van der Waals surface area (Å²) in [7, 11) is 5.95. The van der Waals surface area contributed by atoms with Crippen LogP contribution >= 0.6 is 0 Å². The van der Waals surface area contributed by atoms with E-state index in [2.05, 4.69) is 49.9 Å². The number of fused-ring (bicyclic) bond motifs is 2. The molecule has 318 valence electrons. The van der Waals surface area contributed by atoms with E-state index in [-0.39, 0.29) is 18.4 Å². The van der Waals surface area contributed by atoms with Gasteiger partial charge in [0, 0.05) is 55.1 Å². The highest BCUT2D eigenvalue weighted by Crippen LogP contribution is 2.57. The number of aromatic nitrogens is 3. The van der Waals surface area contributed by atoms with Crippen molar-refractivity contribution >= 4 is 44.8 Å². The maximum absolute atomic E-state index is 12.5. The molecular weight excluding hydrogens is 759 g/mol. The summed E-state index contributed by atoms with van der Waals surface area (Å²) in [6, 6.07) is 11.8. The van der Waals surface area contributed by atoms with Crippen LogP contribution in [0.5, 0.6) is 11.5 Å². The van der Waals surface area contributed by atoms with Crippen LogP contribution in [0.15, 0.2) is 77.8 Å². The van der Waals surface area contributed by atoms with Crippen molar-refractivity contribution in [1.82, 2.24) is 25.6 Å². The maximum Gasteiger partial charge on any atom is 0.253 e. The van der Waals surface area contributed by atoms with Crippen LogP contribution in [-0.4, -0.2) is 73.5 Å². The topological polar surface area (TPSA) is 158 Å². The van der Waals surface area contributed by atoms with Crippen molar-refractivity contribution in [2.75, 3.05) is 41.6 Å². The summed E-state index contributed by atoms with van der Waals surface area (Å²) in [6.45, 7) is 5.20. The third-order valence-corrected chi connectivity index (χ3v) is 12.0. The summed E-state index contributed by atoms with van der Waals surface area (Å²) in [5, 5.41) is 14.5. The molecule has 60 heavy (non-hydrogen) atoms. The molecular formula is C48H59N5O7. The van der Waals surface area contributed by atoms with Gasteiger partial charge in [-0.3, -0.25) is 19.6 Å². The summed E-state index contributed by atoms with van der Waals surface area (Å²) in [6.07, 6.45) is 23.5. The Kier molecular flexibility index (Phi) is 14.7. The second-order valence-electron chi connectivity index (χ2n) is 15.7. The van der Waals surface area contributed by atoms with Crippen molar-refractivity contribution in [1.29, 1.82) is 0 Å². The number of carbonyl (C=O) groups excluding carboxylic acids is 2. The van der Waals surface area contributed by atoms with Crippen molar-refractivity contribution in [2.24, 2.45) is 10.8 Å². The number of nitrogens with zero attached hydrogens (tertiary/aromatic N) is 3. The lowest BCUT2D eigenvalue weighted by atomic mass is 9.83. The molecule has 3 aromatic heterocycles. The monoisotopic (exact) mass is 817 g/mol. The fourth-order valence-electron chi connectivity index (χ4n) is 8.02. The van der Waals surface area contributed by atoms with Gasteiger partial charge >= 0.3 is 0 Å². The number of carbonyl (C=O) groups is 2. The van der Waals surface area contributed by atoms with Gasteiger partial charge in [-0.25, -0.2) is 4.98 Å². The second-order valence-corrected chi connectivity index (χ2v) is 15.7. The third-order valence-electron chi connectivity index (χ3n) is 12.0. The van der Waals surface area contributed by atoms with E-state index < -0.39 is 0 Å². The molecule has 0 unspecified atom stereocenters. The molecule has 2 fully saturated rings. The minimum Gasteiger partial charge on any atom is -0.497 e.